The van der Waals surface area contributed by atoms with E-state index in [-0.39, 0.29) is 5.91 Å². The van der Waals surface area contributed by atoms with Gasteiger partial charge >= 0.3 is 0 Å². The van der Waals surface area contributed by atoms with Crippen molar-refractivity contribution in [3.63, 3.8) is 0 Å². The molecule has 2 aromatic rings. The number of rotatable bonds is 19. The number of carbonyl (C=O) groups is 1. The van der Waals surface area contributed by atoms with Crippen molar-refractivity contribution in [1.82, 2.24) is 5.32 Å². The molecule has 0 spiro atoms. The number of nitrogens with zero attached hydrogens (tertiary/aromatic N) is 6. The number of ether oxygens (including phenoxy) is 3. The fourth-order valence-electron chi connectivity index (χ4n) is 3.30. The highest BCUT2D eigenvalue weighted by Crippen LogP contribution is 2.22. The monoisotopic (exact) mass is 511 g/mol. The van der Waals surface area contributed by atoms with Crippen LogP contribution in [0.25, 0.3) is 10.4 Å². The van der Waals surface area contributed by atoms with Gasteiger partial charge in [0.2, 0.25) is 0 Å². The van der Waals surface area contributed by atoms with Crippen LogP contribution >= 0.6 is 0 Å². The average molecular weight is 512 g/mol. The van der Waals surface area contributed by atoms with E-state index in [9.17, 15) is 4.79 Å². The van der Waals surface area contributed by atoms with Crippen LogP contribution in [0.15, 0.2) is 63.9 Å². The highest BCUT2D eigenvalue weighted by atomic mass is 16.5. The van der Waals surface area contributed by atoms with Gasteiger partial charge in [-0.1, -0.05) is 12.0 Å². The van der Waals surface area contributed by atoms with Gasteiger partial charge in [0, 0.05) is 42.3 Å². The third kappa shape index (κ3) is 12.3. The third-order valence-electron chi connectivity index (χ3n) is 5.18. The van der Waals surface area contributed by atoms with Crippen molar-refractivity contribution in [3.8, 4) is 0 Å². The number of benzene rings is 2. The summed E-state index contributed by atoms with van der Waals surface area (Å²) in [4.78, 5) is 17.3. The Hall–Kier alpha value is -3.50. The molecule has 0 bridgehead atoms. The first-order chi connectivity index (χ1) is 18.2. The molecule has 0 aliphatic rings. The van der Waals surface area contributed by atoms with E-state index in [1.807, 2.05) is 12.1 Å². The van der Waals surface area contributed by atoms with E-state index in [0.717, 1.165) is 25.2 Å². The molecule has 0 saturated carbocycles. The zero-order valence-corrected chi connectivity index (χ0v) is 21.7. The molecule has 0 heterocycles. The third-order valence-corrected chi connectivity index (χ3v) is 5.18. The Morgan fingerprint density at radius 2 is 1.43 bits per heavy atom. The van der Waals surface area contributed by atoms with Crippen LogP contribution in [0.4, 0.5) is 17.1 Å². The molecule has 0 atom stereocenters. The molecule has 2 rings (SSSR count). The molecule has 11 nitrogen and oxygen atoms in total. The van der Waals surface area contributed by atoms with Gasteiger partial charge in [-0.25, -0.2) is 0 Å². The van der Waals surface area contributed by atoms with Gasteiger partial charge in [0.25, 0.3) is 5.91 Å². The number of amides is 1. The van der Waals surface area contributed by atoms with E-state index in [1.54, 1.807) is 24.3 Å². The van der Waals surface area contributed by atoms with Crippen molar-refractivity contribution in [2.24, 2.45) is 15.3 Å². The van der Waals surface area contributed by atoms with Gasteiger partial charge in [-0.3, -0.25) is 4.79 Å². The van der Waals surface area contributed by atoms with Crippen LogP contribution in [0.1, 0.15) is 30.6 Å². The van der Waals surface area contributed by atoms with Gasteiger partial charge in [-0.15, -0.1) is 0 Å². The normalized spacial score (nSPS) is 10.9. The summed E-state index contributed by atoms with van der Waals surface area (Å²) in [5, 5.41) is 14.8. The minimum atomic E-state index is -0.177. The second-order valence-electron chi connectivity index (χ2n) is 7.89. The lowest BCUT2D eigenvalue weighted by Gasteiger charge is -2.22. The number of azo groups is 1. The first-order valence-electron chi connectivity index (χ1n) is 12.6. The Balaban J connectivity index is 1.61. The van der Waals surface area contributed by atoms with Crippen LogP contribution in [-0.2, 0) is 14.2 Å². The Morgan fingerprint density at radius 1 is 0.865 bits per heavy atom. The summed E-state index contributed by atoms with van der Waals surface area (Å²) in [6.07, 6.45) is 1.10. The highest BCUT2D eigenvalue weighted by Gasteiger charge is 2.05. The fourth-order valence-corrected chi connectivity index (χ4v) is 3.30. The molecule has 0 aromatic heterocycles. The Morgan fingerprint density at radius 3 is 2.00 bits per heavy atom. The molecule has 0 saturated heterocycles. The number of azide groups is 1. The largest absolute Gasteiger partial charge is 0.379 e. The van der Waals surface area contributed by atoms with E-state index >= 15 is 0 Å². The molecule has 0 radical (unpaired) electrons. The fraction of sp³-hybridized carbons (Fsp3) is 0.500. The van der Waals surface area contributed by atoms with E-state index in [1.165, 1.54) is 5.69 Å². The number of carbonyl (C=O) groups excluding carboxylic acids is 1. The second-order valence-corrected chi connectivity index (χ2v) is 7.89. The maximum absolute atomic E-state index is 12.3. The lowest BCUT2D eigenvalue weighted by atomic mass is 10.2. The molecular formula is C26H37N7O4. The van der Waals surface area contributed by atoms with Crippen molar-refractivity contribution in [1.29, 1.82) is 0 Å². The summed E-state index contributed by atoms with van der Waals surface area (Å²) in [6, 6.07) is 15.0. The van der Waals surface area contributed by atoms with E-state index in [0.29, 0.717) is 64.0 Å². The first-order valence-corrected chi connectivity index (χ1v) is 12.6. The summed E-state index contributed by atoms with van der Waals surface area (Å²) >= 11 is 0. The molecule has 0 aliphatic carbocycles. The van der Waals surface area contributed by atoms with Gasteiger partial charge in [-0.2, -0.15) is 10.2 Å². The maximum Gasteiger partial charge on any atom is 0.251 e. The van der Waals surface area contributed by atoms with Crippen molar-refractivity contribution in [3.05, 3.63) is 64.5 Å². The van der Waals surface area contributed by atoms with Crippen LogP contribution in [0.3, 0.4) is 0 Å². The first kappa shape index (κ1) is 29.7. The van der Waals surface area contributed by atoms with Gasteiger partial charge in [0.05, 0.1) is 51.0 Å². The molecule has 1 N–H and O–H groups in total. The predicted octanol–water partition coefficient (Wildman–Crippen LogP) is 5.43. The Labute approximate surface area is 218 Å². The van der Waals surface area contributed by atoms with Gasteiger partial charge in [0.15, 0.2) is 0 Å². The van der Waals surface area contributed by atoms with Crippen LogP contribution in [0.5, 0.6) is 0 Å². The van der Waals surface area contributed by atoms with Crippen LogP contribution < -0.4 is 10.2 Å². The Kier molecular flexibility index (Phi) is 15.0. The van der Waals surface area contributed by atoms with E-state index < -0.39 is 0 Å². The average Bonchev–Trinajstić information content (AvgIpc) is 2.93. The zero-order valence-electron chi connectivity index (χ0n) is 21.7. The van der Waals surface area contributed by atoms with Crippen LogP contribution in [0.2, 0.25) is 0 Å². The summed E-state index contributed by atoms with van der Waals surface area (Å²) in [5.41, 5.74) is 11.3. The summed E-state index contributed by atoms with van der Waals surface area (Å²) < 4.78 is 16.0. The SMILES string of the molecule is CCCN(CC)c1ccc(N=Nc2ccc(C(=O)NCCOCCOCCOCCN=[N+]=[N-])cc2)cc1. The van der Waals surface area contributed by atoms with Crippen molar-refractivity contribution >= 4 is 23.0 Å². The van der Waals surface area contributed by atoms with Gasteiger partial charge < -0.3 is 24.4 Å². The van der Waals surface area contributed by atoms with E-state index in [4.69, 9.17) is 19.7 Å². The number of nitrogens with one attached hydrogen (secondary N) is 1. The van der Waals surface area contributed by atoms with Crippen molar-refractivity contribution < 1.29 is 19.0 Å². The molecule has 0 unspecified atom stereocenters. The molecular weight excluding hydrogens is 474 g/mol. The lowest BCUT2D eigenvalue weighted by molar-refractivity contribution is 0.0166. The summed E-state index contributed by atoms with van der Waals surface area (Å²) in [6.45, 7) is 9.52. The molecule has 11 heteroatoms. The minimum Gasteiger partial charge on any atom is -0.379 e. The zero-order chi connectivity index (χ0) is 26.6. The minimum absolute atomic E-state index is 0.177. The second kappa shape index (κ2) is 18.7. The highest BCUT2D eigenvalue weighted by molar-refractivity contribution is 5.94. The quantitative estimate of drug-likeness (QED) is 0.116. The van der Waals surface area contributed by atoms with Crippen LogP contribution in [0, 0.1) is 0 Å². The van der Waals surface area contributed by atoms with Crippen LogP contribution in [-0.4, -0.2) is 71.7 Å². The summed E-state index contributed by atoms with van der Waals surface area (Å²) in [7, 11) is 0. The maximum atomic E-state index is 12.3. The number of hydrogen-bond acceptors (Lipinski definition) is 8. The van der Waals surface area contributed by atoms with E-state index in [2.05, 4.69) is 56.5 Å². The smallest absolute Gasteiger partial charge is 0.251 e. The topological polar surface area (TPSA) is 134 Å². The molecule has 1 amide bonds. The molecule has 200 valence electrons. The lowest BCUT2D eigenvalue weighted by Crippen LogP contribution is -2.27. The Bertz CT molecular complexity index is 977. The number of hydrogen-bond donors (Lipinski definition) is 1. The number of anilines is 1. The van der Waals surface area contributed by atoms with Crippen molar-refractivity contribution in [2.75, 3.05) is 70.7 Å². The summed E-state index contributed by atoms with van der Waals surface area (Å²) in [5.74, 6) is -0.177. The van der Waals surface area contributed by atoms with Gasteiger partial charge in [0.1, 0.15) is 0 Å². The standard InChI is InChI=1S/C26H37N7O4/c1-3-15-33(4-2)25-11-9-24(10-12-25)31-30-23-7-5-22(6-8-23)26(34)28-13-16-35-18-20-37-21-19-36-17-14-29-32-27/h5-12H,3-4,13-21H2,1-2H3,(H,28,34). The molecule has 0 fully saturated rings. The van der Waals surface area contributed by atoms with Crippen molar-refractivity contribution in [2.45, 2.75) is 20.3 Å². The molecule has 37 heavy (non-hydrogen) atoms. The molecule has 2 aromatic carbocycles. The van der Waals surface area contributed by atoms with Gasteiger partial charge in [-0.05, 0) is 67.4 Å². The molecule has 0 aliphatic heterocycles. The predicted molar refractivity (Wildman–Crippen MR) is 144 cm³/mol.